The highest BCUT2D eigenvalue weighted by molar-refractivity contribution is 7.99. The quantitative estimate of drug-likeness (QED) is 0.506. The van der Waals surface area contributed by atoms with Crippen LogP contribution < -0.4 is 5.73 Å². The number of hydrogen-bond acceptors (Lipinski definition) is 2. The highest BCUT2D eigenvalue weighted by atomic mass is 32.2. The minimum atomic E-state index is 0.447. The van der Waals surface area contributed by atoms with Gasteiger partial charge in [-0.25, -0.2) is 0 Å². The summed E-state index contributed by atoms with van der Waals surface area (Å²) in [7, 11) is 0. The lowest BCUT2D eigenvalue weighted by atomic mass is 10.0. The Bertz CT molecular complexity index is 190. The van der Waals surface area contributed by atoms with Crippen molar-refractivity contribution < 1.29 is 0 Å². The standard InChI is InChI=1S/C17H35NS/c1-2-3-4-5-6-7-9-12-16(18)15-19-17-13-10-8-11-14-17/h16-17H,2-15,18H2,1H3. The Morgan fingerprint density at radius 3 is 2.26 bits per heavy atom. The molecule has 0 saturated heterocycles. The molecule has 0 radical (unpaired) electrons. The Morgan fingerprint density at radius 1 is 0.947 bits per heavy atom. The lowest BCUT2D eigenvalue weighted by molar-refractivity contribution is 0.514. The van der Waals surface area contributed by atoms with Crippen molar-refractivity contribution in [1.82, 2.24) is 0 Å². The second kappa shape index (κ2) is 12.1. The van der Waals surface area contributed by atoms with E-state index in [1.807, 2.05) is 0 Å². The molecule has 1 saturated carbocycles. The van der Waals surface area contributed by atoms with E-state index in [9.17, 15) is 0 Å². The van der Waals surface area contributed by atoms with Crippen molar-refractivity contribution in [2.24, 2.45) is 5.73 Å². The molecular weight excluding hydrogens is 250 g/mol. The third-order valence-electron chi connectivity index (χ3n) is 4.28. The van der Waals surface area contributed by atoms with Crippen LogP contribution in [0.25, 0.3) is 0 Å². The predicted octanol–water partition coefficient (Wildman–Crippen LogP) is 5.52. The minimum absolute atomic E-state index is 0.447. The number of hydrogen-bond donors (Lipinski definition) is 1. The molecular formula is C17H35NS. The second-order valence-corrected chi connectivity index (χ2v) is 7.60. The van der Waals surface area contributed by atoms with E-state index in [0.717, 1.165) is 5.25 Å². The Kier molecular flexibility index (Phi) is 11.0. The van der Waals surface area contributed by atoms with Crippen molar-refractivity contribution in [3.63, 3.8) is 0 Å². The SMILES string of the molecule is CCCCCCCCCC(N)CSC1CCCCC1. The molecule has 0 heterocycles. The fraction of sp³-hybridized carbons (Fsp3) is 1.00. The first-order valence-electron chi connectivity index (χ1n) is 8.70. The van der Waals surface area contributed by atoms with Crippen molar-refractivity contribution >= 4 is 11.8 Å². The van der Waals surface area contributed by atoms with Crippen molar-refractivity contribution in [2.75, 3.05) is 5.75 Å². The Balaban J connectivity index is 1.85. The molecule has 2 heteroatoms. The van der Waals surface area contributed by atoms with E-state index in [1.165, 1.54) is 89.2 Å². The maximum Gasteiger partial charge on any atom is 0.0130 e. The fourth-order valence-corrected chi connectivity index (χ4v) is 4.29. The van der Waals surface area contributed by atoms with Gasteiger partial charge in [-0.15, -0.1) is 0 Å². The number of nitrogens with two attached hydrogens (primary N) is 1. The zero-order chi connectivity index (χ0) is 13.8. The summed E-state index contributed by atoms with van der Waals surface area (Å²) in [5.74, 6) is 1.19. The van der Waals surface area contributed by atoms with Gasteiger partial charge >= 0.3 is 0 Å². The van der Waals surface area contributed by atoms with E-state index in [2.05, 4.69) is 18.7 Å². The van der Waals surface area contributed by atoms with E-state index >= 15 is 0 Å². The number of thioether (sulfide) groups is 1. The number of rotatable bonds is 11. The van der Waals surface area contributed by atoms with Gasteiger partial charge < -0.3 is 5.73 Å². The lowest BCUT2D eigenvalue weighted by Crippen LogP contribution is -2.24. The third-order valence-corrected chi connectivity index (χ3v) is 5.84. The van der Waals surface area contributed by atoms with Crippen molar-refractivity contribution in [2.45, 2.75) is 102 Å². The molecule has 1 rings (SSSR count). The smallest absolute Gasteiger partial charge is 0.0130 e. The van der Waals surface area contributed by atoms with Gasteiger partial charge in [0.05, 0.1) is 0 Å². The van der Waals surface area contributed by atoms with Gasteiger partial charge in [0, 0.05) is 17.0 Å². The van der Waals surface area contributed by atoms with Gasteiger partial charge in [-0.05, 0) is 19.3 Å². The van der Waals surface area contributed by atoms with E-state index < -0.39 is 0 Å². The van der Waals surface area contributed by atoms with Crippen LogP contribution in [-0.2, 0) is 0 Å². The van der Waals surface area contributed by atoms with E-state index in [-0.39, 0.29) is 0 Å². The third kappa shape index (κ3) is 9.79. The molecule has 0 amide bonds. The maximum atomic E-state index is 6.23. The monoisotopic (exact) mass is 285 g/mol. The predicted molar refractivity (Wildman–Crippen MR) is 89.9 cm³/mol. The van der Waals surface area contributed by atoms with Crippen LogP contribution in [0.2, 0.25) is 0 Å². The molecule has 1 aliphatic carbocycles. The first-order chi connectivity index (χ1) is 9.33. The van der Waals surface area contributed by atoms with Gasteiger partial charge in [0.25, 0.3) is 0 Å². The van der Waals surface area contributed by atoms with Gasteiger partial charge in [-0.2, -0.15) is 11.8 Å². The Morgan fingerprint density at radius 2 is 1.58 bits per heavy atom. The molecule has 1 atom stereocenters. The highest BCUT2D eigenvalue weighted by Crippen LogP contribution is 2.28. The fourth-order valence-electron chi connectivity index (χ4n) is 2.94. The summed E-state index contributed by atoms with van der Waals surface area (Å²) in [6.07, 6.45) is 18.3. The van der Waals surface area contributed by atoms with Crippen LogP contribution in [0.1, 0.15) is 90.4 Å². The molecule has 1 fully saturated rings. The first-order valence-corrected chi connectivity index (χ1v) is 9.75. The largest absolute Gasteiger partial charge is 0.327 e. The van der Waals surface area contributed by atoms with Crippen LogP contribution in [0.4, 0.5) is 0 Å². The lowest BCUT2D eigenvalue weighted by Gasteiger charge is -2.22. The van der Waals surface area contributed by atoms with Crippen molar-refractivity contribution in [3.05, 3.63) is 0 Å². The van der Waals surface area contributed by atoms with Crippen molar-refractivity contribution in [1.29, 1.82) is 0 Å². The number of unbranched alkanes of at least 4 members (excludes halogenated alkanes) is 6. The van der Waals surface area contributed by atoms with Crippen LogP contribution in [0, 0.1) is 0 Å². The molecule has 1 unspecified atom stereocenters. The molecule has 0 aromatic heterocycles. The second-order valence-electron chi connectivity index (χ2n) is 6.26. The van der Waals surface area contributed by atoms with Crippen LogP contribution >= 0.6 is 11.8 Å². The molecule has 19 heavy (non-hydrogen) atoms. The summed E-state index contributed by atoms with van der Waals surface area (Å²) in [5.41, 5.74) is 6.23. The highest BCUT2D eigenvalue weighted by Gasteiger charge is 2.14. The summed E-state index contributed by atoms with van der Waals surface area (Å²) in [5, 5.41) is 0.925. The van der Waals surface area contributed by atoms with Crippen LogP contribution in [0.15, 0.2) is 0 Å². The van der Waals surface area contributed by atoms with Gasteiger partial charge in [-0.1, -0.05) is 71.1 Å². The molecule has 114 valence electrons. The van der Waals surface area contributed by atoms with E-state index in [4.69, 9.17) is 5.73 Å². The summed E-state index contributed by atoms with van der Waals surface area (Å²) in [4.78, 5) is 0. The Hall–Kier alpha value is 0.310. The zero-order valence-corrected chi connectivity index (χ0v) is 13.9. The maximum absolute atomic E-state index is 6.23. The van der Waals surface area contributed by atoms with E-state index in [0.29, 0.717) is 6.04 Å². The van der Waals surface area contributed by atoms with Crippen LogP contribution in [0.3, 0.4) is 0 Å². The summed E-state index contributed by atoms with van der Waals surface area (Å²) < 4.78 is 0. The Labute approximate surface area is 125 Å². The zero-order valence-electron chi connectivity index (χ0n) is 13.0. The molecule has 2 N–H and O–H groups in total. The van der Waals surface area contributed by atoms with Gasteiger partial charge in [0.2, 0.25) is 0 Å². The van der Waals surface area contributed by atoms with Gasteiger partial charge in [-0.3, -0.25) is 0 Å². The molecule has 0 spiro atoms. The van der Waals surface area contributed by atoms with Crippen molar-refractivity contribution in [3.8, 4) is 0 Å². The van der Waals surface area contributed by atoms with Gasteiger partial charge in [0.1, 0.15) is 0 Å². The summed E-state index contributed by atoms with van der Waals surface area (Å²) in [6.45, 7) is 2.28. The van der Waals surface area contributed by atoms with Gasteiger partial charge in [0.15, 0.2) is 0 Å². The molecule has 0 bridgehead atoms. The molecule has 1 aliphatic rings. The van der Waals surface area contributed by atoms with Crippen LogP contribution in [-0.4, -0.2) is 17.0 Å². The normalized spacial score (nSPS) is 18.6. The van der Waals surface area contributed by atoms with Crippen LogP contribution in [0.5, 0.6) is 0 Å². The minimum Gasteiger partial charge on any atom is -0.327 e. The topological polar surface area (TPSA) is 26.0 Å². The molecule has 0 aromatic carbocycles. The first kappa shape index (κ1) is 17.4. The van der Waals surface area contributed by atoms with E-state index in [1.54, 1.807) is 0 Å². The molecule has 1 nitrogen and oxygen atoms in total. The molecule has 0 aromatic rings. The molecule has 0 aliphatic heterocycles. The summed E-state index contributed by atoms with van der Waals surface area (Å²) in [6, 6.07) is 0.447. The average Bonchev–Trinajstić information content (AvgIpc) is 2.45. The summed E-state index contributed by atoms with van der Waals surface area (Å²) >= 11 is 2.16. The average molecular weight is 286 g/mol.